The number of carbonyl (C=O) groups is 1. The van der Waals surface area contributed by atoms with Crippen molar-refractivity contribution in [3.8, 4) is 0 Å². The number of amides is 1. The molecule has 0 aliphatic heterocycles. The fourth-order valence-electron chi connectivity index (χ4n) is 6.75. The molecule has 2 aromatic heterocycles. The number of benzene rings is 1. The standard InChI is InChI=1S/C21H24N6O/c28-19(12-26-6-5-17-3-1-2-4-18(17)26)24-20-8-15-7-16(9-20)11-21(10-15,13-20)27-23-14-22-25-27/h1-6,14-16H,7-13H2,(H,24,28)/t15-,16+,20?,21?. The zero-order chi connectivity index (χ0) is 18.8. The van der Waals surface area contributed by atoms with Gasteiger partial charge < -0.3 is 9.88 Å². The van der Waals surface area contributed by atoms with Gasteiger partial charge in [-0.05, 0) is 73.1 Å². The van der Waals surface area contributed by atoms with E-state index >= 15 is 0 Å². The molecule has 4 aliphatic rings. The molecule has 2 heterocycles. The predicted octanol–water partition coefficient (Wildman–Crippen LogP) is 2.49. The SMILES string of the molecule is O=C(Cn1ccc2ccccc21)NC12C[C@H]3C[C@@H](C1)CC(n1ncnn1)(C3)C2. The molecule has 4 fully saturated rings. The Morgan fingerprint density at radius 3 is 2.75 bits per heavy atom. The fraction of sp³-hybridized carbons (Fsp3) is 0.524. The summed E-state index contributed by atoms with van der Waals surface area (Å²) in [5.41, 5.74) is 0.901. The Bertz CT molecular complexity index is 1020. The Morgan fingerprint density at radius 1 is 1.14 bits per heavy atom. The zero-order valence-electron chi connectivity index (χ0n) is 15.8. The molecular formula is C21H24N6O. The summed E-state index contributed by atoms with van der Waals surface area (Å²) < 4.78 is 2.04. The van der Waals surface area contributed by atoms with Gasteiger partial charge in [0.15, 0.2) is 6.33 Å². The topological polar surface area (TPSA) is 77.6 Å². The molecule has 0 saturated heterocycles. The minimum atomic E-state index is -0.127. The van der Waals surface area contributed by atoms with Crippen LogP contribution in [0.3, 0.4) is 0 Å². The van der Waals surface area contributed by atoms with Gasteiger partial charge in [-0.25, -0.2) is 0 Å². The number of hydrogen-bond acceptors (Lipinski definition) is 4. The molecule has 7 heteroatoms. The molecule has 0 radical (unpaired) electrons. The lowest BCUT2D eigenvalue weighted by molar-refractivity contribution is -0.131. The highest BCUT2D eigenvalue weighted by Crippen LogP contribution is 2.60. The van der Waals surface area contributed by atoms with Crippen molar-refractivity contribution in [3.05, 3.63) is 42.9 Å². The van der Waals surface area contributed by atoms with Crippen LogP contribution in [0.15, 0.2) is 42.9 Å². The van der Waals surface area contributed by atoms with Crippen molar-refractivity contribution < 1.29 is 4.79 Å². The normalized spacial score (nSPS) is 33.4. The van der Waals surface area contributed by atoms with Gasteiger partial charge in [-0.1, -0.05) is 18.2 Å². The third-order valence-corrected chi connectivity index (χ3v) is 7.20. The monoisotopic (exact) mass is 376 g/mol. The van der Waals surface area contributed by atoms with Gasteiger partial charge in [-0.2, -0.15) is 4.80 Å². The van der Waals surface area contributed by atoms with Crippen LogP contribution in [0.5, 0.6) is 0 Å². The smallest absolute Gasteiger partial charge is 0.240 e. The number of nitrogens with one attached hydrogen (secondary N) is 1. The molecule has 1 amide bonds. The zero-order valence-corrected chi connectivity index (χ0v) is 15.8. The van der Waals surface area contributed by atoms with E-state index in [-0.39, 0.29) is 17.0 Å². The van der Waals surface area contributed by atoms with Gasteiger partial charge in [0.05, 0.1) is 5.54 Å². The minimum absolute atomic E-state index is 0.0754. The minimum Gasteiger partial charge on any atom is -0.349 e. The van der Waals surface area contributed by atoms with E-state index in [2.05, 4.69) is 38.9 Å². The second-order valence-electron chi connectivity index (χ2n) is 9.24. The highest BCUT2D eigenvalue weighted by atomic mass is 16.2. The van der Waals surface area contributed by atoms with Gasteiger partial charge in [0, 0.05) is 17.3 Å². The first-order chi connectivity index (χ1) is 13.6. The Morgan fingerprint density at radius 2 is 1.96 bits per heavy atom. The first-order valence-corrected chi connectivity index (χ1v) is 10.2. The van der Waals surface area contributed by atoms with Crippen molar-refractivity contribution in [1.82, 2.24) is 30.1 Å². The predicted molar refractivity (Wildman–Crippen MR) is 103 cm³/mol. The van der Waals surface area contributed by atoms with Gasteiger partial charge in [-0.15, -0.1) is 10.2 Å². The summed E-state index contributed by atoms with van der Waals surface area (Å²) in [5, 5.41) is 17.2. The van der Waals surface area contributed by atoms with E-state index in [0.717, 1.165) is 37.6 Å². The Kier molecular flexibility index (Phi) is 3.29. The summed E-state index contributed by atoms with van der Waals surface area (Å²) in [6.07, 6.45) is 10.1. The van der Waals surface area contributed by atoms with Crippen molar-refractivity contribution in [2.24, 2.45) is 11.8 Å². The second kappa shape index (κ2) is 5.65. The largest absolute Gasteiger partial charge is 0.349 e. The van der Waals surface area contributed by atoms with Crippen molar-refractivity contribution in [2.45, 2.75) is 56.1 Å². The van der Waals surface area contributed by atoms with E-state index in [1.165, 1.54) is 18.1 Å². The second-order valence-corrected chi connectivity index (χ2v) is 9.24. The number of carbonyl (C=O) groups excluding carboxylic acids is 1. The number of tetrazole rings is 1. The molecule has 144 valence electrons. The lowest BCUT2D eigenvalue weighted by Crippen LogP contribution is -2.66. The molecule has 3 aromatic rings. The number of rotatable bonds is 4. The highest BCUT2D eigenvalue weighted by molar-refractivity contribution is 5.83. The van der Waals surface area contributed by atoms with E-state index in [1.54, 1.807) is 0 Å². The van der Waals surface area contributed by atoms with Crippen LogP contribution in [0.25, 0.3) is 10.9 Å². The molecule has 7 nitrogen and oxygen atoms in total. The Labute approximate surface area is 163 Å². The molecule has 7 rings (SSSR count). The third-order valence-electron chi connectivity index (χ3n) is 7.20. The van der Waals surface area contributed by atoms with Crippen molar-refractivity contribution in [3.63, 3.8) is 0 Å². The maximum absolute atomic E-state index is 13.0. The van der Waals surface area contributed by atoms with Crippen molar-refractivity contribution in [2.75, 3.05) is 0 Å². The molecule has 4 saturated carbocycles. The van der Waals surface area contributed by atoms with Gasteiger partial charge in [-0.3, -0.25) is 4.79 Å². The third kappa shape index (κ3) is 2.41. The molecule has 4 bridgehead atoms. The lowest BCUT2D eigenvalue weighted by atomic mass is 9.50. The van der Waals surface area contributed by atoms with E-state index in [9.17, 15) is 4.79 Å². The molecule has 2 unspecified atom stereocenters. The summed E-state index contributed by atoms with van der Waals surface area (Å²) in [5.74, 6) is 1.38. The number of para-hydroxylation sites is 1. The molecule has 0 spiro atoms. The van der Waals surface area contributed by atoms with Crippen LogP contribution in [0.4, 0.5) is 0 Å². The maximum atomic E-state index is 13.0. The van der Waals surface area contributed by atoms with E-state index in [4.69, 9.17) is 0 Å². The highest BCUT2D eigenvalue weighted by Gasteiger charge is 2.60. The summed E-state index contributed by atoms with van der Waals surface area (Å²) in [4.78, 5) is 14.9. The number of nitrogens with zero attached hydrogens (tertiary/aromatic N) is 5. The average Bonchev–Trinajstić information content (AvgIpc) is 3.31. The van der Waals surface area contributed by atoms with E-state index < -0.39 is 0 Å². The quantitative estimate of drug-likeness (QED) is 0.759. The maximum Gasteiger partial charge on any atom is 0.240 e. The average molecular weight is 376 g/mol. The van der Waals surface area contributed by atoms with Crippen molar-refractivity contribution in [1.29, 1.82) is 0 Å². The Hall–Kier alpha value is -2.70. The number of hydrogen-bond donors (Lipinski definition) is 1. The van der Waals surface area contributed by atoms with E-state index in [1.807, 2.05) is 27.7 Å². The Balaban J connectivity index is 1.26. The van der Waals surface area contributed by atoms with Crippen LogP contribution in [-0.2, 0) is 16.9 Å². The van der Waals surface area contributed by atoms with Gasteiger partial charge >= 0.3 is 0 Å². The van der Waals surface area contributed by atoms with Crippen LogP contribution in [0.1, 0.15) is 38.5 Å². The van der Waals surface area contributed by atoms with Crippen molar-refractivity contribution >= 4 is 16.8 Å². The molecular weight excluding hydrogens is 352 g/mol. The number of aromatic nitrogens is 5. The summed E-state index contributed by atoms with van der Waals surface area (Å²) in [6, 6.07) is 10.3. The molecule has 28 heavy (non-hydrogen) atoms. The van der Waals surface area contributed by atoms with Crippen LogP contribution >= 0.6 is 0 Å². The number of fused-ring (bicyclic) bond motifs is 1. The molecule has 4 atom stereocenters. The molecule has 4 aliphatic carbocycles. The van der Waals surface area contributed by atoms with Crippen LogP contribution in [0.2, 0.25) is 0 Å². The summed E-state index contributed by atoms with van der Waals surface area (Å²) in [6.45, 7) is 0.360. The van der Waals surface area contributed by atoms with Gasteiger partial charge in [0.25, 0.3) is 0 Å². The lowest BCUT2D eigenvalue weighted by Gasteiger charge is -2.61. The summed E-state index contributed by atoms with van der Waals surface area (Å²) >= 11 is 0. The van der Waals surface area contributed by atoms with Gasteiger partial charge in [0.2, 0.25) is 5.91 Å². The van der Waals surface area contributed by atoms with Crippen LogP contribution < -0.4 is 5.32 Å². The van der Waals surface area contributed by atoms with E-state index in [0.29, 0.717) is 18.4 Å². The first kappa shape index (κ1) is 16.3. The summed E-state index contributed by atoms with van der Waals surface area (Å²) in [7, 11) is 0. The van der Waals surface area contributed by atoms with Crippen LogP contribution in [-0.4, -0.2) is 36.2 Å². The fourth-order valence-corrected chi connectivity index (χ4v) is 6.75. The molecule has 1 N–H and O–H groups in total. The molecule has 1 aromatic carbocycles. The van der Waals surface area contributed by atoms with Gasteiger partial charge in [0.1, 0.15) is 6.54 Å². The van der Waals surface area contributed by atoms with Crippen LogP contribution in [0, 0.1) is 11.8 Å². The first-order valence-electron chi connectivity index (χ1n) is 10.2.